The average Bonchev–Trinajstić information content (AvgIpc) is 3.22. The maximum atomic E-state index is 12.8. The summed E-state index contributed by atoms with van der Waals surface area (Å²) in [5, 5.41) is 0.596. The van der Waals surface area contributed by atoms with E-state index in [0.717, 1.165) is 28.1 Å². The summed E-state index contributed by atoms with van der Waals surface area (Å²) in [6, 6.07) is 20.0. The minimum atomic E-state index is -4.38. The number of aromatic nitrogens is 1. The predicted molar refractivity (Wildman–Crippen MR) is 133 cm³/mol. The number of carbonyl (C=O) groups excluding carboxylic acids is 1. The summed E-state index contributed by atoms with van der Waals surface area (Å²) in [5.74, 6) is 0.556. The Morgan fingerprint density at radius 1 is 1.00 bits per heavy atom. The summed E-state index contributed by atoms with van der Waals surface area (Å²) in [6.07, 6.45) is -1.20. The Kier molecular flexibility index (Phi) is 7.17. The summed E-state index contributed by atoms with van der Waals surface area (Å²) in [5.41, 5.74) is 3.06. The van der Waals surface area contributed by atoms with Gasteiger partial charge in [-0.1, -0.05) is 42.5 Å². The van der Waals surface area contributed by atoms with Crippen molar-refractivity contribution in [1.82, 2.24) is 4.98 Å². The van der Waals surface area contributed by atoms with Crippen LogP contribution in [0, 0.1) is 13.8 Å². The Balaban J connectivity index is 1.44. The molecule has 0 radical (unpaired) electrons. The van der Waals surface area contributed by atoms with Gasteiger partial charge in [-0.15, -0.1) is 11.3 Å². The molecule has 0 atom stereocenters. The molecule has 35 heavy (non-hydrogen) atoms. The largest absolute Gasteiger partial charge is 0.489 e. The summed E-state index contributed by atoms with van der Waals surface area (Å²) in [6.45, 7) is 4.14. The van der Waals surface area contributed by atoms with Crippen molar-refractivity contribution >= 4 is 23.2 Å². The SMILES string of the molecule is Cc1cc(C(=O)/C=C/c2sc(-c3ccc(C(F)(F)F)cc3)nc2C)ccc1OCc1ccccc1. The maximum Gasteiger partial charge on any atom is 0.416 e. The zero-order chi connectivity index (χ0) is 25.0. The predicted octanol–water partition coefficient (Wildman–Crippen LogP) is 7.92. The molecule has 0 fully saturated rings. The van der Waals surface area contributed by atoms with Crippen LogP contribution in [0.5, 0.6) is 5.75 Å². The third-order valence-electron chi connectivity index (χ3n) is 5.37. The van der Waals surface area contributed by atoms with Crippen LogP contribution in [0.3, 0.4) is 0 Å². The van der Waals surface area contributed by atoms with Crippen molar-refractivity contribution in [2.45, 2.75) is 26.6 Å². The van der Waals surface area contributed by atoms with Crippen molar-refractivity contribution in [3.05, 3.63) is 112 Å². The molecule has 4 aromatic rings. The van der Waals surface area contributed by atoms with Gasteiger partial charge in [-0.3, -0.25) is 4.79 Å². The molecule has 0 saturated carbocycles. The molecular weight excluding hydrogens is 471 g/mol. The number of hydrogen-bond acceptors (Lipinski definition) is 4. The lowest BCUT2D eigenvalue weighted by Crippen LogP contribution is -2.03. The maximum absolute atomic E-state index is 12.8. The molecular formula is C28H22F3NO2S. The van der Waals surface area contributed by atoms with Crippen LogP contribution in [0.2, 0.25) is 0 Å². The van der Waals surface area contributed by atoms with Gasteiger partial charge in [-0.2, -0.15) is 13.2 Å². The van der Waals surface area contributed by atoms with Crippen LogP contribution in [0.25, 0.3) is 16.6 Å². The number of thiazole rings is 1. The van der Waals surface area contributed by atoms with Crippen LogP contribution in [0.1, 0.15) is 37.6 Å². The van der Waals surface area contributed by atoms with Gasteiger partial charge in [0, 0.05) is 11.1 Å². The first-order valence-electron chi connectivity index (χ1n) is 10.9. The Morgan fingerprint density at radius 2 is 1.71 bits per heavy atom. The highest BCUT2D eigenvalue weighted by molar-refractivity contribution is 7.16. The first kappa shape index (κ1) is 24.4. The van der Waals surface area contributed by atoms with E-state index in [1.54, 1.807) is 31.2 Å². The standard InChI is InChI=1S/C28H22F3NO2S/c1-18-16-22(10-14-25(18)34-17-20-6-4-3-5-7-20)24(33)13-15-26-19(2)32-27(35-26)21-8-11-23(12-9-21)28(29,30)31/h3-16H,17H2,1-2H3/b15-13+. The monoisotopic (exact) mass is 493 g/mol. The number of aryl methyl sites for hydroxylation is 2. The highest BCUT2D eigenvalue weighted by Gasteiger charge is 2.30. The fraction of sp³-hybridized carbons (Fsp3) is 0.143. The molecule has 0 bridgehead atoms. The molecule has 178 valence electrons. The van der Waals surface area contributed by atoms with Gasteiger partial charge in [-0.25, -0.2) is 4.98 Å². The number of allylic oxidation sites excluding steroid dienone is 1. The van der Waals surface area contributed by atoms with E-state index in [1.165, 1.54) is 29.5 Å². The summed E-state index contributed by atoms with van der Waals surface area (Å²) in [4.78, 5) is 18.0. The van der Waals surface area contributed by atoms with E-state index in [4.69, 9.17) is 4.74 Å². The van der Waals surface area contributed by atoms with Gasteiger partial charge in [-0.05, 0) is 67.5 Å². The van der Waals surface area contributed by atoms with E-state index >= 15 is 0 Å². The highest BCUT2D eigenvalue weighted by atomic mass is 32.1. The van der Waals surface area contributed by atoms with Gasteiger partial charge in [0.25, 0.3) is 0 Å². The van der Waals surface area contributed by atoms with Gasteiger partial charge in [0.05, 0.1) is 16.1 Å². The number of rotatable bonds is 7. The van der Waals surface area contributed by atoms with Gasteiger partial charge < -0.3 is 4.74 Å². The minimum absolute atomic E-state index is 0.161. The summed E-state index contributed by atoms with van der Waals surface area (Å²) in [7, 11) is 0. The molecule has 0 unspecified atom stereocenters. The number of alkyl halides is 3. The number of halogens is 3. The van der Waals surface area contributed by atoms with Gasteiger partial charge in [0.1, 0.15) is 17.4 Å². The van der Waals surface area contributed by atoms with E-state index in [2.05, 4.69) is 4.98 Å². The molecule has 0 spiro atoms. The summed E-state index contributed by atoms with van der Waals surface area (Å²) < 4.78 is 44.3. The van der Waals surface area contributed by atoms with Gasteiger partial charge in [0.2, 0.25) is 0 Å². The van der Waals surface area contributed by atoms with Crippen LogP contribution < -0.4 is 4.74 Å². The third-order valence-corrected chi connectivity index (χ3v) is 6.55. The van der Waals surface area contributed by atoms with Crippen molar-refractivity contribution in [3.63, 3.8) is 0 Å². The topological polar surface area (TPSA) is 39.2 Å². The van der Waals surface area contributed by atoms with Crippen LogP contribution >= 0.6 is 11.3 Å². The van der Waals surface area contributed by atoms with Crippen molar-refractivity contribution in [1.29, 1.82) is 0 Å². The molecule has 1 heterocycles. The molecule has 7 heteroatoms. The molecule has 0 saturated heterocycles. The fourth-order valence-electron chi connectivity index (χ4n) is 3.44. The molecule has 3 nitrogen and oxygen atoms in total. The van der Waals surface area contributed by atoms with Crippen molar-refractivity contribution in [2.75, 3.05) is 0 Å². The molecule has 1 aromatic heterocycles. The number of hydrogen-bond donors (Lipinski definition) is 0. The average molecular weight is 494 g/mol. The van der Waals surface area contributed by atoms with E-state index in [1.807, 2.05) is 37.3 Å². The van der Waals surface area contributed by atoms with Crippen molar-refractivity contribution in [3.8, 4) is 16.3 Å². The fourth-order valence-corrected chi connectivity index (χ4v) is 4.41. The van der Waals surface area contributed by atoms with Crippen LogP contribution in [-0.2, 0) is 12.8 Å². The quantitative estimate of drug-likeness (QED) is 0.194. The van der Waals surface area contributed by atoms with Crippen molar-refractivity contribution in [2.24, 2.45) is 0 Å². The molecule has 0 aliphatic carbocycles. The van der Waals surface area contributed by atoms with Gasteiger partial charge in [0.15, 0.2) is 5.78 Å². The number of carbonyl (C=O) groups is 1. The third kappa shape index (κ3) is 6.05. The molecule has 0 aliphatic heterocycles. The Morgan fingerprint density at radius 3 is 2.37 bits per heavy atom. The first-order valence-corrected chi connectivity index (χ1v) is 11.7. The lowest BCUT2D eigenvalue weighted by molar-refractivity contribution is -0.137. The van der Waals surface area contributed by atoms with Crippen LogP contribution in [0.15, 0.2) is 78.9 Å². The Hall–Kier alpha value is -3.71. The van der Waals surface area contributed by atoms with E-state index < -0.39 is 11.7 Å². The first-order chi connectivity index (χ1) is 16.7. The Labute approximate surface area is 205 Å². The van der Waals surface area contributed by atoms with Crippen LogP contribution in [0.4, 0.5) is 13.2 Å². The molecule has 3 aromatic carbocycles. The van der Waals surface area contributed by atoms with E-state index in [9.17, 15) is 18.0 Å². The highest BCUT2D eigenvalue weighted by Crippen LogP contribution is 2.33. The molecule has 0 aliphatic rings. The van der Waals surface area contributed by atoms with E-state index in [0.29, 0.717) is 34.2 Å². The molecule has 0 N–H and O–H groups in total. The summed E-state index contributed by atoms with van der Waals surface area (Å²) >= 11 is 1.32. The van der Waals surface area contributed by atoms with Gasteiger partial charge >= 0.3 is 6.18 Å². The lowest BCUT2D eigenvalue weighted by atomic mass is 10.1. The van der Waals surface area contributed by atoms with Crippen molar-refractivity contribution < 1.29 is 22.7 Å². The minimum Gasteiger partial charge on any atom is -0.489 e. The smallest absolute Gasteiger partial charge is 0.416 e. The second-order valence-corrected chi connectivity index (χ2v) is 9.03. The number of benzene rings is 3. The molecule has 0 amide bonds. The normalized spacial score (nSPS) is 11.7. The number of ether oxygens (including phenoxy) is 1. The van der Waals surface area contributed by atoms with Crippen LogP contribution in [-0.4, -0.2) is 10.8 Å². The Bertz CT molecular complexity index is 1360. The van der Waals surface area contributed by atoms with E-state index in [-0.39, 0.29) is 5.78 Å². The second kappa shape index (κ2) is 10.3. The second-order valence-electron chi connectivity index (χ2n) is 8.00. The number of ketones is 1. The lowest BCUT2D eigenvalue weighted by Gasteiger charge is -2.10. The number of nitrogens with zero attached hydrogens (tertiary/aromatic N) is 1. The zero-order valence-electron chi connectivity index (χ0n) is 19.1. The molecule has 4 rings (SSSR count). The zero-order valence-corrected chi connectivity index (χ0v) is 19.9.